The van der Waals surface area contributed by atoms with E-state index in [-0.39, 0.29) is 0 Å². The fourth-order valence-electron chi connectivity index (χ4n) is 0.957. The Labute approximate surface area is 90.3 Å². The lowest BCUT2D eigenvalue weighted by molar-refractivity contribution is 0.526. The summed E-state index contributed by atoms with van der Waals surface area (Å²) in [7, 11) is -0.527. The molecule has 0 saturated carbocycles. The molecule has 0 amide bonds. The van der Waals surface area contributed by atoms with E-state index in [1.807, 2.05) is 13.0 Å². The summed E-state index contributed by atoms with van der Waals surface area (Å²) < 4.78 is 26.4. The van der Waals surface area contributed by atoms with Crippen molar-refractivity contribution in [3.8, 4) is 0 Å². The molecule has 0 spiro atoms. The highest BCUT2D eigenvalue weighted by Crippen LogP contribution is 2.08. The molecule has 0 aliphatic rings. The van der Waals surface area contributed by atoms with Crippen molar-refractivity contribution in [2.24, 2.45) is 0 Å². The largest absolute Gasteiger partial charge is 0.302 e. The van der Waals surface area contributed by atoms with Crippen LogP contribution in [-0.2, 0) is 16.6 Å². The van der Waals surface area contributed by atoms with E-state index in [9.17, 15) is 8.42 Å². The summed E-state index contributed by atoms with van der Waals surface area (Å²) in [6, 6.07) is 5.26. The maximum atomic E-state index is 11.5. The Hall–Kier alpha value is -1.14. The van der Waals surface area contributed by atoms with E-state index in [0.717, 1.165) is 16.4 Å². The van der Waals surface area contributed by atoms with E-state index in [2.05, 4.69) is 9.71 Å². The van der Waals surface area contributed by atoms with Crippen LogP contribution in [0.15, 0.2) is 18.2 Å². The highest BCUT2D eigenvalue weighted by Gasteiger charge is 2.13. The fraction of sp³-hybridized carbons (Fsp3) is 0.444. The Morgan fingerprint density at radius 1 is 1.40 bits per heavy atom. The zero-order valence-corrected chi connectivity index (χ0v) is 9.87. The monoisotopic (exact) mass is 229 g/mol. The van der Waals surface area contributed by atoms with Gasteiger partial charge in [0.05, 0.1) is 0 Å². The van der Waals surface area contributed by atoms with Crippen LogP contribution in [0.4, 0.5) is 5.82 Å². The van der Waals surface area contributed by atoms with Crippen LogP contribution in [-0.4, -0.2) is 31.8 Å². The van der Waals surface area contributed by atoms with E-state index in [1.165, 1.54) is 14.1 Å². The van der Waals surface area contributed by atoms with Crippen LogP contribution in [0.25, 0.3) is 0 Å². The van der Waals surface area contributed by atoms with Gasteiger partial charge in [0.15, 0.2) is 0 Å². The van der Waals surface area contributed by atoms with Crippen LogP contribution in [0.1, 0.15) is 12.6 Å². The Bertz CT molecular complexity index is 429. The van der Waals surface area contributed by atoms with Crippen molar-refractivity contribution in [3.63, 3.8) is 0 Å². The van der Waals surface area contributed by atoms with E-state index in [1.54, 1.807) is 12.1 Å². The van der Waals surface area contributed by atoms with Gasteiger partial charge in [-0.05, 0) is 18.6 Å². The second kappa shape index (κ2) is 4.59. The number of hydrogen-bond donors (Lipinski definition) is 1. The first-order valence-electron chi connectivity index (χ1n) is 4.62. The van der Waals surface area contributed by atoms with Crippen molar-refractivity contribution < 1.29 is 8.42 Å². The van der Waals surface area contributed by atoms with Gasteiger partial charge in [-0.3, -0.25) is 4.72 Å². The van der Waals surface area contributed by atoms with E-state index >= 15 is 0 Å². The molecule has 1 rings (SSSR count). The van der Waals surface area contributed by atoms with Crippen molar-refractivity contribution in [2.45, 2.75) is 13.3 Å². The molecule has 0 aliphatic carbocycles. The van der Waals surface area contributed by atoms with Crippen molar-refractivity contribution in [2.75, 3.05) is 18.8 Å². The molecule has 6 heteroatoms. The van der Waals surface area contributed by atoms with Gasteiger partial charge in [-0.25, -0.2) is 4.98 Å². The molecule has 1 aromatic heterocycles. The third-order valence-corrected chi connectivity index (χ3v) is 3.31. The molecule has 0 unspecified atom stereocenters. The molecule has 0 radical (unpaired) electrons. The topological polar surface area (TPSA) is 62.3 Å². The maximum Gasteiger partial charge on any atom is 0.302 e. The standard InChI is InChI=1S/C9H15N3O2S/c1-4-8-6-5-7-9(10-8)11-15(13,14)12(2)3/h5-7H,4H2,1-3H3,(H,10,11). The molecular weight excluding hydrogens is 214 g/mol. The third kappa shape index (κ3) is 3.17. The van der Waals surface area contributed by atoms with Gasteiger partial charge in [-0.2, -0.15) is 12.7 Å². The lowest BCUT2D eigenvalue weighted by Crippen LogP contribution is -2.29. The average Bonchev–Trinajstić information content (AvgIpc) is 2.17. The number of aromatic nitrogens is 1. The van der Waals surface area contributed by atoms with Gasteiger partial charge in [-0.1, -0.05) is 13.0 Å². The van der Waals surface area contributed by atoms with Crippen molar-refractivity contribution >= 4 is 16.0 Å². The minimum Gasteiger partial charge on any atom is -0.254 e. The predicted molar refractivity (Wildman–Crippen MR) is 59.8 cm³/mol. The van der Waals surface area contributed by atoms with Gasteiger partial charge < -0.3 is 0 Å². The Morgan fingerprint density at radius 3 is 2.60 bits per heavy atom. The van der Waals surface area contributed by atoms with Crippen molar-refractivity contribution in [1.82, 2.24) is 9.29 Å². The first-order valence-corrected chi connectivity index (χ1v) is 6.06. The summed E-state index contributed by atoms with van der Waals surface area (Å²) in [5, 5.41) is 0. The second-order valence-electron chi connectivity index (χ2n) is 3.26. The van der Waals surface area contributed by atoms with Crippen LogP contribution in [0.5, 0.6) is 0 Å². The number of hydrogen-bond acceptors (Lipinski definition) is 3. The molecule has 0 fully saturated rings. The number of aryl methyl sites for hydroxylation is 1. The van der Waals surface area contributed by atoms with E-state index < -0.39 is 10.2 Å². The Kier molecular flexibility index (Phi) is 3.65. The predicted octanol–water partition coefficient (Wildman–Crippen LogP) is 0.862. The number of pyridine rings is 1. The molecule has 0 atom stereocenters. The summed E-state index contributed by atoms with van der Waals surface area (Å²) in [6.07, 6.45) is 0.775. The van der Waals surface area contributed by atoms with Gasteiger partial charge in [0.2, 0.25) is 0 Å². The van der Waals surface area contributed by atoms with Crippen LogP contribution in [0, 0.1) is 0 Å². The summed E-state index contributed by atoms with van der Waals surface area (Å²) in [5.41, 5.74) is 0.856. The third-order valence-electron chi connectivity index (χ3n) is 1.88. The zero-order chi connectivity index (χ0) is 11.5. The highest BCUT2D eigenvalue weighted by molar-refractivity contribution is 7.90. The summed E-state index contributed by atoms with van der Waals surface area (Å²) in [5.74, 6) is 0.350. The molecule has 5 nitrogen and oxygen atoms in total. The number of nitrogens with zero attached hydrogens (tertiary/aromatic N) is 2. The molecule has 1 aromatic rings. The molecule has 0 saturated heterocycles. The molecular formula is C9H15N3O2S. The SMILES string of the molecule is CCc1cccc(NS(=O)(=O)N(C)C)n1. The molecule has 0 bridgehead atoms. The molecule has 84 valence electrons. The smallest absolute Gasteiger partial charge is 0.254 e. The molecule has 1 N–H and O–H groups in total. The Balaban J connectivity index is 2.90. The van der Waals surface area contributed by atoms with Crippen molar-refractivity contribution in [1.29, 1.82) is 0 Å². The minimum absolute atomic E-state index is 0.350. The van der Waals surface area contributed by atoms with Gasteiger partial charge in [0.25, 0.3) is 0 Å². The van der Waals surface area contributed by atoms with E-state index in [4.69, 9.17) is 0 Å². The number of anilines is 1. The molecule has 0 aliphatic heterocycles. The Morgan fingerprint density at radius 2 is 2.07 bits per heavy atom. The number of nitrogens with one attached hydrogen (secondary N) is 1. The maximum absolute atomic E-state index is 11.5. The average molecular weight is 229 g/mol. The van der Waals surface area contributed by atoms with Crippen LogP contribution >= 0.6 is 0 Å². The molecule has 0 aromatic carbocycles. The van der Waals surface area contributed by atoms with Crippen molar-refractivity contribution in [3.05, 3.63) is 23.9 Å². The zero-order valence-electron chi connectivity index (χ0n) is 9.06. The second-order valence-corrected chi connectivity index (χ2v) is 5.14. The summed E-state index contributed by atoms with van der Waals surface area (Å²) in [4.78, 5) is 4.14. The van der Waals surface area contributed by atoms with E-state index in [0.29, 0.717) is 5.82 Å². The lowest BCUT2D eigenvalue weighted by Gasteiger charge is -2.12. The number of rotatable bonds is 4. The minimum atomic E-state index is -3.46. The summed E-state index contributed by atoms with van der Waals surface area (Å²) >= 11 is 0. The van der Waals surface area contributed by atoms with Crippen LogP contribution < -0.4 is 4.72 Å². The quantitative estimate of drug-likeness (QED) is 0.833. The van der Waals surface area contributed by atoms with Gasteiger partial charge in [0.1, 0.15) is 5.82 Å². The lowest BCUT2D eigenvalue weighted by atomic mass is 10.3. The first kappa shape index (κ1) is 11.9. The van der Waals surface area contributed by atoms with Gasteiger partial charge >= 0.3 is 10.2 Å². The van der Waals surface area contributed by atoms with Gasteiger partial charge in [-0.15, -0.1) is 0 Å². The van der Waals surface area contributed by atoms with Gasteiger partial charge in [0, 0.05) is 19.8 Å². The highest BCUT2D eigenvalue weighted by atomic mass is 32.2. The first-order chi connectivity index (χ1) is 6.95. The van der Waals surface area contributed by atoms with Crippen LogP contribution in [0.3, 0.4) is 0 Å². The molecule has 1 heterocycles. The summed E-state index contributed by atoms with van der Waals surface area (Å²) in [6.45, 7) is 1.96. The normalized spacial score (nSPS) is 11.7. The fourth-order valence-corrected chi connectivity index (χ4v) is 1.52. The molecule has 15 heavy (non-hydrogen) atoms. The van der Waals surface area contributed by atoms with Crippen LogP contribution in [0.2, 0.25) is 0 Å².